The summed E-state index contributed by atoms with van der Waals surface area (Å²) in [5.74, 6) is 1.14. The van der Waals surface area contributed by atoms with Gasteiger partial charge in [-0.2, -0.15) is 12.1 Å². The Bertz CT molecular complexity index is 3590. The Morgan fingerprint density at radius 3 is 1.87 bits per heavy atom. The normalized spacial score (nSPS) is 16.4. The number of imidazole rings is 1. The molecular weight excluding hydrogens is 1040 g/mol. The summed E-state index contributed by atoms with van der Waals surface area (Å²) in [5, 5.41) is 2.07. The van der Waals surface area contributed by atoms with Crippen molar-refractivity contribution < 1.29 is 34.8 Å². The minimum Gasteiger partial charge on any atom is -0.503 e. The first-order chi connectivity index (χ1) is 33.2. The second kappa shape index (κ2) is 16.8. The van der Waals surface area contributed by atoms with Crippen LogP contribution in [0.4, 0.5) is 0 Å². The number of rotatable bonds is 7. The van der Waals surface area contributed by atoms with Crippen LogP contribution in [0.25, 0.3) is 77.9 Å². The SMILES string of the molecule is CC1(C)CCC(C)(C)c2cc(-c3[c-]c(Oc4[c-]c(-[n+]5[c-]n(-c6c(-c7ccccc7)cccc6-c6ccccc6)c6ccccc65)ccc4)cc4c3oc3c5c(ccc34)C(C)(C)CCC5(C)C)ncc21.[Pt]. The van der Waals surface area contributed by atoms with E-state index in [1.54, 1.807) is 0 Å². The molecule has 0 amide bonds. The van der Waals surface area contributed by atoms with Crippen molar-refractivity contribution in [1.29, 1.82) is 0 Å². The molecular formula is C64H57N3O2Pt-2. The zero-order valence-corrected chi connectivity index (χ0v) is 43.5. The average Bonchev–Trinajstić information content (AvgIpc) is 3.93. The molecule has 0 N–H and O–H groups in total. The molecule has 0 aliphatic heterocycles. The molecule has 0 atom stereocenters. The minimum absolute atomic E-state index is 0. The first-order valence-electron chi connectivity index (χ1n) is 24.5. The average molecular weight is 1100 g/mol. The van der Waals surface area contributed by atoms with Crippen molar-refractivity contribution in [3.05, 3.63) is 193 Å². The molecule has 6 heteroatoms. The molecule has 2 aliphatic rings. The van der Waals surface area contributed by atoms with Crippen molar-refractivity contribution >= 4 is 33.0 Å². The fourth-order valence-corrected chi connectivity index (χ4v) is 11.4. The van der Waals surface area contributed by atoms with E-state index >= 15 is 0 Å². The molecule has 12 rings (SSSR count). The molecule has 5 nitrogen and oxygen atoms in total. The van der Waals surface area contributed by atoms with Gasteiger partial charge in [-0.05, 0) is 97.7 Å². The fraction of sp³-hybridized carbons (Fsp3) is 0.250. The first-order valence-corrected chi connectivity index (χ1v) is 24.5. The van der Waals surface area contributed by atoms with Crippen LogP contribution in [-0.4, -0.2) is 9.55 Å². The smallest absolute Gasteiger partial charge is 0.268 e. The van der Waals surface area contributed by atoms with Gasteiger partial charge in [-0.3, -0.25) is 4.57 Å². The van der Waals surface area contributed by atoms with E-state index in [2.05, 4.69) is 223 Å². The number of furan rings is 1. The summed E-state index contributed by atoms with van der Waals surface area (Å²) in [4.78, 5) is 5.23. The third kappa shape index (κ3) is 7.55. The molecule has 0 spiro atoms. The van der Waals surface area contributed by atoms with E-state index in [9.17, 15) is 0 Å². The van der Waals surface area contributed by atoms with Gasteiger partial charge >= 0.3 is 0 Å². The van der Waals surface area contributed by atoms with Gasteiger partial charge in [-0.1, -0.05) is 200 Å². The number of hydrogen-bond donors (Lipinski definition) is 0. The summed E-state index contributed by atoms with van der Waals surface area (Å²) in [7, 11) is 0. The van der Waals surface area contributed by atoms with Crippen molar-refractivity contribution in [2.75, 3.05) is 0 Å². The largest absolute Gasteiger partial charge is 0.503 e. The van der Waals surface area contributed by atoms with Gasteiger partial charge in [0.2, 0.25) is 0 Å². The second-order valence-corrected chi connectivity index (χ2v) is 22.1. The van der Waals surface area contributed by atoms with Crippen LogP contribution in [0.1, 0.15) is 103 Å². The van der Waals surface area contributed by atoms with E-state index in [1.165, 1.54) is 22.3 Å². The summed E-state index contributed by atoms with van der Waals surface area (Å²) < 4.78 is 18.4. The second-order valence-electron chi connectivity index (χ2n) is 22.1. The number of aromatic nitrogens is 3. The summed E-state index contributed by atoms with van der Waals surface area (Å²) in [6.45, 7) is 18.9. The van der Waals surface area contributed by atoms with Gasteiger partial charge in [-0.25, -0.2) is 0 Å². The number of pyridine rings is 1. The molecule has 10 aromatic rings. The quantitative estimate of drug-likeness (QED) is 0.118. The van der Waals surface area contributed by atoms with Crippen molar-refractivity contribution in [2.45, 2.75) is 103 Å². The van der Waals surface area contributed by atoms with E-state index < -0.39 is 0 Å². The number of fused-ring (bicyclic) bond motifs is 7. The van der Waals surface area contributed by atoms with Crippen LogP contribution in [0.15, 0.2) is 156 Å². The third-order valence-electron chi connectivity index (χ3n) is 15.6. The Morgan fingerprint density at radius 1 is 0.557 bits per heavy atom. The maximum Gasteiger partial charge on any atom is 0.268 e. The third-order valence-corrected chi connectivity index (χ3v) is 15.6. The van der Waals surface area contributed by atoms with Gasteiger partial charge in [0, 0.05) is 49.7 Å². The van der Waals surface area contributed by atoms with Gasteiger partial charge in [0.1, 0.15) is 5.58 Å². The number of hydrogen-bond acceptors (Lipinski definition) is 3. The Kier molecular flexibility index (Phi) is 11.0. The zero-order valence-electron chi connectivity index (χ0n) is 41.2. The molecule has 7 aromatic carbocycles. The Balaban J connectivity index is 0.00000533. The molecule has 0 bridgehead atoms. The van der Waals surface area contributed by atoms with Crippen LogP contribution in [0.2, 0.25) is 0 Å². The number of benzene rings is 7. The topological polar surface area (TPSA) is 44.1 Å². The summed E-state index contributed by atoms with van der Waals surface area (Å²) in [5.41, 5.74) is 17.1. The van der Waals surface area contributed by atoms with E-state index in [-0.39, 0.29) is 42.7 Å². The fourth-order valence-electron chi connectivity index (χ4n) is 11.4. The van der Waals surface area contributed by atoms with E-state index in [4.69, 9.17) is 14.1 Å². The van der Waals surface area contributed by atoms with Crippen LogP contribution >= 0.6 is 0 Å². The summed E-state index contributed by atoms with van der Waals surface area (Å²) in [6.07, 6.45) is 10.3. The maximum absolute atomic E-state index is 7.19. The molecule has 70 heavy (non-hydrogen) atoms. The van der Waals surface area contributed by atoms with Gasteiger partial charge in [0.05, 0.1) is 22.3 Å². The summed E-state index contributed by atoms with van der Waals surface area (Å²) >= 11 is 0. The summed E-state index contributed by atoms with van der Waals surface area (Å²) in [6, 6.07) is 58.7. The van der Waals surface area contributed by atoms with E-state index in [0.717, 1.165) is 104 Å². The van der Waals surface area contributed by atoms with Gasteiger partial charge < -0.3 is 18.7 Å². The van der Waals surface area contributed by atoms with Crippen molar-refractivity contribution in [3.8, 4) is 56.4 Å². The monoisotopic (exact) mass is 1090 g/mol. The Labute approximate surface area is 426 Å². The molecule has 0 radical (unpaired) electrons. The minimum atomic E-state index is -0.0545. The predicted octanol–water partition coefficient (Wildman–Crippen LogP) is 16.1. The van der Waals surface area contributed by atoms with E-state index in [0.29, 0.717) is 11.5 Å². The van der Waals surface area contributed by atoms with Crippen molar-refractivity contribution in [3.63, 3.8) is 0 Å². The Morgan fingerprint density at radius 2 is 1.17 bits per heavy atom. The molecule has 0 saturated carbocycles. The standard InChI is InChI=1S/C64H57N3O2.Pt/c1-61(2)33-34-64(7,8)57-51(61)30-29-48-49-36-45(37-50(59(49)69-60(48)57)54-38-52-53(39-65-54)63(5,6)32-31-62(52,3)4)68-44-24-17-23-43(35-44)66-40-67(56-28-16-15-27-55(56)66)58-46(41-19-11-9-12-20-41)25-18-26-47(58)42-21-13-10-14-22-42;/h9-30,36,38-39H,31-34H2,1-8H3;/q-2;. The van der Waals surface area contributed by atoms with E-state index in [1.807, 2.05) is 12.1 Å². The van der Waals surface area contributed by atoms with Crippen molar-refractivity contribution in [2.24, 2.45) is 0 Å². The molecule has 352 valence electrons. The van der Waals surface area contributed by atoms with Gasteiger partial charge in [0.15, 0.2) is 0 Å². The van der Waals surface area contributed by atoms with Crippen molar-refractivity contribution in [1.82, 2.24) is 9.55 Å². The van der Waals surface area contributed by atoms with Crippen LogP contribution < -0.4 is 9.30 Å². The molecule has 3 aromatic heterocycles. The molecule has 3 heterocycles. The van der Waals surface area contributed by atoms with Gasteiger partial charge in [-0.15, -0.1) is 12.1 Å². The van der Waals surface area contributed by atoms with Crippen LogP contribution in [0, 0.1) is 18.5 Å². The van der Waals surface area contributed by atoms with Gasteiger partial charge in [0.25, 0.3) is 6.33 Å². The number of ether oxygens (including phenoxy) is 1. The molecule has 0 fully saturated rings. The van der Waals surface area contributed by atoms with Crippen LogP contribution in [0.3, 0.4) is 0 Å². The maximum atomic E-state index is 7.19. The Hall–Kier alpha value is -6.55. The van der Waals surface area contributed by atoms with Crippen LogP contribution in [0.5, 0.6) is 11.5 Å². The van der Waals surface area contributed by atoms with Crippen LogP contribution in [-0.2, 0) is 42.7 Å². The molecule has 0 unspecified atom stereocenters. The zero-order chi connectivity index (χ0) is 47.5. The number of para-hydroxylation sites is 3. The predicted molar refractivity (Wildman–Crippen MR) is 280 cm³/mol. The number of nitrogens with zero attached hydrogens (tertiary/aromatic N) is 3. The molecule has 2 aliphatic carbocycles. The molecule has 0 saturated heterocycles. The first kappa shape index (κ1) is 45.9.